The van der Waals surface area contributed by atoms with Gasteiger partial charge in [-0.2, -0.15) is 0 Å². The van der Waals surface area contributed by atoms with Crippen molar-refractivity contribution in [3.8, 4) is 11.5 Å². The highest BCUT2D eigenvalue weighted by Crippen LogP contribution is 2.33. The average molecular weight is 555 g/mol. The Morgan fingerprint density at radius 1 is 0.561 bits per heavy atom. The number of hydrogen-bond acceptors (Lipinski definition) is 6. The van der Waals surface area contributed by atoms with E-state index in [1.54, 1.807) is 0 Å². The van der Waals surface area contributed by atoms with Crippen LogP contribution in [-0.2, 0) is 18.5 Å². The molecule has 41 heavy (non-hydrogen) atoms. The van der Waals surface area contributed by atoms with Gasteiger partial charge in [-0.05, 0) is 46.5 Å². The standard InChI is InChI=1S/C35H42N2O4/c1-35(2,29-13-17-33(18-14-29)40-25-31(38)23-36-21-27-9-5-3-6-10-27)30-15-19-34(20-16-30)41-26-32(39)24-37-22-28-11-7-4-8-12-28/h3-20,31-32,36-39H,21-26H2,1-2H3. The van der Waals surface area contributed by atoms with E-state index >= 15 is 0 Å². The van der Waals surface area contributed by atoms with Gasteiger partial charge < -0.3 is 30.3 Å². The predicted octanol–water partition coefficient (Wildman–Crippen LogP) is 5.07. The molecule has 0 bridgehead atoms. The van der Waals surface area contributed by atoms with Gasteiger partial charge in [-0.3, -0.25) is 0 Å². The zero-order chi connectivity index (χ0) is 28.9. The summed E-state index contributed by atoms with van der Waals surface area (Å²) in [5.41, 5.74) is 4.45. The molecule has 4 N–H and O–H groups in total. The van der Waals surface area contributed by atoms with Crippen molar-refractivity contribution < 1.29 is 19.7 Å². The van der Waals surface area contributed by atoms with Gasteiger partial charge in [-0.1, -0.05) is 98.8 Å². The minimum atomic E-state index is -0.595. The van der Waals surface area contributed by atoms with Gasteiger partial charge in [-0.15, -0.1) is 0 Å². The predicted molar refractivity (Wildman–Crippen MR) is 164 cm³/mol. The van der Waals surface area contributed by atoms with E-state index in [0.29, 0.717) is 26.2 Å². The van der Waals surface area contributed by atoms with Crippen LogP contribution in [0.3, 0.4) is 0 Å². The quantitative estimate of drug-likeness (QED) is 0.155. The first-order valence-electron chi connectivity index (χ1n) is 14.2. The molecule has 0 aromatic heterocycles. The van der Waals surface area contributed by atoms with Gasteiger partial charge in [0.05, 0.1) is 0 Å². The molecule has 4 rings (SSSR count). The zero-order valence-corrected chi connectivity index (χ0v) is 24.0. The van der Waals surface area contributed by atoms with Crippen LogP contribution in [0.5, 0.6) is 11.5 Å². The van der Waals surface area contributed by atoms with Crippen LogP contribution in [0.1, 0.15) is 36.1 Å². The Bertz CT molecular complexity index is 1180. The minimum absolute atomic E-state index is 0.223. The molecule has 4 aromatic rings. The third-order valence-corrected chi connectivity index (χ3v) is 7.14. The molecule has 6 nitrogen and oxygen atoms in total. The molecule has 0 saturated heterocycles. The van der Waals surface area contributed by atoms with Crippen molar-refractivity contribution in [3.63, 3.8) is 0 Å². The summed E-state index contributed by atoms with van der Waals surface area (Å²) >= 11 is 0. The first-order valence-corrected chi connectivity index (χ1v) is 14.2. The van der Waals surface area contributed by atoms with Gasteiger partial charge in [0.1, 0.15) is 36.9 Å². The third kappa shape index (κ3) is 9.73. The topological polar surface area (TPSA) is 83.0 Å². The van der Waals surface area contributed by atoms with E-state index in [4.69, 9.17) is 9.47 Å². The number of nitrogens with one attached hydrogen (secondary N) is 2. The molecular weight excluding hydrogens is 512 g/mol. The van der Waals surface area contributed by atoms with E-state index < -0.39 is 12.2 Å². The lowest BCUT2D eigenvalue weighted by atomic mass is 9.78. The van der Waals surface area contributed by atoms with Gasteiger partial charge in [0, 0.05) is 31.6 Å². The first-order chi connectivity index (χ1) is 19.9. The summed E-state index contributed by atoms with van der Waals surface area (Å²) in [6.45, 7) is 7.17. The highest BCUT2D eigenvalue weighted by atomic mass is 16.5. The monoisotopic (exact) mass is 554 g/mol. The molecule has 0 saturated carbocycles. The molecule has 0 aliphatic rings. The lowest BCUT2D eigenvalue weighted by Crippen LogP contribution is -2.31. The molecule has 0 aliphatic carbocycles. The third-order valence-electron chi connectivity index (χ3n) is 7.14. The van der Waals surface area contributed by atoms with Crippen LogP contribution in [0.4, 0.5) is 0 Å². The fraction of sp³-hybridized carbons (Fsp3) is 0.314. The normalized spacial score (nSPS) is 13.0. The number of ether oxygens (including phenoxy) is 2. The molecule has 2 atom stereocenters. The second-order valence-corrected chi connectivity index (χ2v) is 10.8. The largest absolute Gasteiger partial charge is 0.491 e. The van der Waals surface area contributed by atoms with Crippen LogP contribution in [-0.4, -0.2) is 48.7 Å². The van der Waals surface area contributed by atoms with E-state index in [1.165, 1.54) is 11.1 Å². The number of aliphatic hydroxyl groups excluding tert-OH is 2. The molecule has 0 radical (unpaired) electrons. The second kappa shape index (κ2) is 15.4. The number of benzene rings is 4. The Kier molecular flexibility index (Phi) is 11.3. The molecule has 0 amide bonds. The smallest absolute Gasteiger partial charge is 0.119 e. The van der Waals surface area contributed by atoms with Crippen LogP contribution >= 0.6 is 0 Å². The van der Waals surface area contributed by atoms with Crippen molar-refractivity contribution in [2.75, 3.05) is 26.3 Å². The summed E-state index contributed by atoms with van der Waals surface area (Å²) in [4.78, 5) is 0. The maximum atomic E-state index is 10.3. The molecule has 4 aromatic carbocycles. The fourth-order valence-electron chi connectivity index (χ4n) is 4.56. The molecular formula is C35H42N2O4. The minimum Gasteiger partial charge on any atom is -0.491 e. The number of rotatable bonds is 16. The van der Waals surface area contributed by atoms with E-state index in [2.05, 4.69) is 73.0 Å². The first kappa shape index (κ1) is 30.3. The van der Waals surface area contributed by atoms with Crippen LogP contribution in [0, 0.1) is 0 Å². The lowest BCUT2D eigenvalue weighted by molar-refractivity contribution is 0.106. The van der Waals surface area contributed by atoms with Gasteiger partial charge in [-0.25, -0.2) is 0 Å². The molecule has 6 heteroatoms. The maximum Gasteiger partial charge on any atom is 0.119 e. The number of hydrogen-bond donors (Lipinski definition) is 4. The lowest BCUT2D eigenvalue weighted by Gasteiger charge is -2.26. The van der Waals surface area contributed by atoms with Crippen molar-refractivity contribution in [3.05, 3.63) is 131 Å². The highest BCUT2D eigenvalue weighted by Gasteiger charge is 2.23. The van der Waals surface area contributed by atoms with Crippen LogP contribution in [0.15, 0.2) is 109 Å². The summed E-state index contributed by atoms with van der Waals surface area (Å²) < 4.78 is 11.6. The van der Waals surface area contributed by atoms with Crippen molar-refractivity contribution in [2.24, 2.45) is 0 Å². The maximum absolute atomic E-state index is 10.3. The van der Waals surface area contributed by atoms with E-state index in [1.807, 2.05) is 60.7 Å². The number of aliphatic hydroxyl groups is 2. The van der Waals surface area contributed by atoms with Crippen molar-refractivity contribution in [2.45, 2.75) is 44.6 Å². The summed E-state index contributed by atoms with van der Waals surface area (Å²) in [6.07, 6.45) is -1.19. The Morgan fingerprint density at radius 3 is 1.29 bits per heavy atom. The summed E-state index contributed by atoms with van der Waals surface area (Å²) in [5.74, 6) is 1.46. The van der Waals surface area contributed by atoms with E-state index in [0.717, 1.165) is 22.6 Å². The molecule has 2 unspecified atom stereocenters. The molecule has 0 fully saturated rings. The Hall–Kier alpha value is -3.68. The summed E-state index contributed by atoms with van der Waals surface area (Å²) in [6, 6.07) is 36.3. The molecule has 0 heterocycles. The summed E-state index contributed by atoms with van der Waals surface area (Å²) in [7, 11) is 0. The van der Waals surface area contributed by atoms with Gasteiger partial charge in [0.2, 0.25) is 0 Å². The Morgan fingerprint density at radius 2 is 0.927 bits per heavy atom. The van der Waals surface area contributed by atoms with Crippen LogP contribution in [0.2, 0.25) is 0 Å². The van der Waals surface area contributed by atoms with Crippen LogP contribution in [0.25, 0.3) is 0 Å². The van der Waals surface area contributed by atoms with Gasteiger partial charge in [0.25, 0.3) is 0 Å². The van der Waals surface area contributed by atoms with Crippen molar-refractivity contribution >= 4 is 0 Å². The SMILES string of the molecule is CC(C)(c1ccc(OCC(O)CNCc2ccccc2)cc1)c1ccc(OCC(O)CNCc2ccccc2)cc1. The Balaban J connectivity index is 1.19. The highest BCUT2D eigenvalue weighted by molar-refractivity contribution is 5.41. The average Bonchev–Trinajstić information content (AvgIpc) is 3.00. The van der Waals surface area contributed by atoms with Gasteiger partial charge >= 0.3 is 0 Å². The Labute approximate surface area is 244 Å². The van der Waals surface area contributed by atoms with E-state index in [-0.39, 0.29) is 18.6 Å². The molecule has 216 valence electrons. The second-order valence-electron chi connectivity index (χ2n) is 10.8. The fourth-order valence-corrected chi connectivity index (χ4v) is 4.56. The van der Waals surface area contributed by atoms with Crippen molar-refractivity contribution in [1.82, 2.24) is 10.6 Å². The molecule has 0 spiro atoms. The molecule has 0 aliphatic heterocycles. The van der Waals surface area contributed by atoms with Gasteiger partial charge in [0.15, 0.2) is 0 Å². The van der Waals surface area contributed by atoms with E-state index in [9.17, 15) is 10.2 Å². The summed E-state index contributed by atoms with van der Waals surface area (Å²) in [5, 5.41) is 27.1. The zero-order valence-electron chi connectivity index (χ0n) is 24.0. The van der Waals surface area contributed by atoms with Crippen molar-refractivity contribution in [1.29, 1.82) is 0 Å². The van der Waals surface area contributed by atoms with Crippen LogP contribution < -0.4 is 20.1 Å².